The van der Waals surface area contributed by atoms with E-state index in [4.69, 9.17) is 5.11 Å². The summed E-state index contributed by atoms with van der Waals surface area (Å²) in [5.41, 5.74) is -0.906. The number of carboxylic acids is 1. The van der Waals surface area contributed by atoms with Crippen LogP contribution in [0.5, 0.6) is 0 Å². The third-order valence-electron chi connectivity index (χ3n) is 1.76. The standard InChI is InChI=1S/C8H3F3N2O2S/c9-8(10,11)3-1-4-5(12-2-3)13-6(16-4)7(14)15/h1-2H,(H,14,15). The van der Waals surface area contributed by atoms with Crippen molar-refractivity contribution < 1.29 is 23.1 Å². The molecule has 2 aromatic heterocycles. The topological polar surface area (TPSA) is 63.1 Å². The van der Waals surface area contributed by atoms with Crippen LogP contribution < -0.4 is 0 Å². The van der Waals surface area contributed by atoms with Crippen LogP contribution in [0.2, 0.25) is 0 Å². The maximum atomic E-state index is 12.3. The first-order valence-electron chi connectivity index (χ1n) is 3.95. The number of hydrogen-bond donors (Lipinski definition) is 1. The van der Waals surface area contributed by atoms with E-state index in [-0.39, 0.29) is 15.4 Å². The first-order valence-corrected chi connectivity index (χ1v) is 4.76. The summed E-state index contributed by atoms with van der Waals surface area (Å²) in [5.74, 6) is -1.28. The number of rotatable bonds is 1. The van der Waals surface area contributed by atoms with E-state index in [9.17, 15) is 18.0 Å². The molecule has 2 rings (SSSR count). The Hall–Kier alpha value is -1.70. The van der Waals surface area contributed by atoms with Gasteiger partial charge >= 0.3 is 12.1 Å². The van der Waals surface area contributed by atoms with Gasteiger partial charge in [0.05, 0.1) is 10.3 Å². The molecular formula is C8H3F3N2O2S. The molecule has 0 saturated heterocycles. The number of carbonyl (C=O) groups is 1. The minimum Gasteiger partial charge on any atom is -0.476 e. The van der Waals surface area contributed by atoms with Crippen LogP contribution in [-0.4, -0.2) is 21.0 Å². The first kappa shape index (κ1) is 10.8. The molecule has 16 heavy (non-hydrogen) atoms. The zero-order valence-corrected chi connectivity index (χ0v) is 8.26. The van der Waals surface area contributed by atoms with Crippen LogP contribution in [0.4, 0.5) is 13.2 Å². The Morgan fingerprint density at radius 3 is 2.69 bits per heavy atom. The van der Waals surface area contributed by atoms with Crippen LogP contribution in [0, 0.1) is 0 Å². The molecule has 4 nitrogen and oxygen atoms in total. The summed E-state index contributed by atoms with van der Waals surface area (Å²) in [6.07, 6.45) is -3.86. The van der Waals surface area contributed by atoms with Gasteiger partial charge in [0, 0.05) is 6.20 Å². The summed E-state index contributed by atoms with van der Waals surface area (Å²) in [6.45, 7) is 0. The Balaban J connectivity index is 2.58. The van der Waals surface area contributed by atoms with Crippen molar-refractivity contribution in [2.75, 3.05) is 0 Å². The molecule has 2 aromatic rings. The lowest BCUT2D eigenvalue weighted by Crippen LogP contribution is -2.04. The Labute approximate surface area is 90.4 Å². The fourth-order valence-corrected chi connectivity index (χ4v) is 1.87. The number of aromatic carboxylic acids is 1. The van der Waals surface area contributed by atoms with Gasteiger partial charge in [-0.25, -0.2) is 14.8 Å². The van der Waals surface area contributed by atoms with Crippen LogP contribution in [0.3, 0.4) is 0 Å². The van der Waals surface area contributed by atoms with Crippen molar-refractivity contribution in [1.29, 1.82) is 0 Å². The van der Waals surface area contributed by atoms with E-state index in [0.29, 0.717) is 17.5 Å². The second-order valence-corrected chi connectivity index (χ2v) is 3.90. The van der Waals surface area contributed by atoms with Gasteiger partial charge in [-0.05, 0) is 6.07 Å². The minimum absolute atomic E-state index is 0.00963. The molecule has 84 valence electrons. The molecule has 0 aliphatic heterocycles. The first-order chi connectivity index (χ1) is 7.38. The van der Waals surface area contributed by atoms with Gasteiger partial charge in [0.15, 0.2) is 5.65 Å². The third-order valence-corrected chi connectivity index (χ3v) is 2.74. The number of halogens is 3. The number of fused-ring (bicyclic) bond motifs is 1. The SMILES string of the molecule is O=C(O)c1nc2ncc(C(F)(F)F)cc2s1. The van der Waals surface area contributed by atoms with Crippen molar-refractivity contribution in [3.05, 3.63) is 22.8 Å². The molecule has 2 heterocycles. The average molecular weight is 248 g/mol. The molecule has 0 unspecified atom stereocenters. The lowest BCUT2D eigenvalue weighted by atomic mass is 10.3. The number of pyridine rings is 1. The Kier molecular flexibility index (Phi) is 2.30. The summed E-state index contributed by atoms with van der Waals surface area (Å²) < 4.78 is 37.0. The van der Waals surface area contributed by atoms with Crippen molar-refractivity contribution in [2.45, 2.75) is 6.18 Å². The van der Waals surface area contributed by atoms with Crippen LogP contribution in [-0.2, 0) is 6.18 Å². The van der Waals surface area contributed by atoms with Crippen LogP contribution >= 0.6 is 11.3 Å². The highest BCUT2D eigenvalue weighted by Crippen LogP contribution is 2.31. The molecule has 8 heteroatoms. The molecule has 1 N–H and O–H groups in total. The van der Waals surface area contributed by atoms with Crippen LogP contribution in [0.15, 0.2) is 12.3 Å². The lowest BCUT2D eigenvalue weighted by Gasteiger charge is -2.04. The van der Waals surface area contributed by atoms with Gasteiger partial charge in [0.2, 0.25) is 5.01 Å². The van der Waals surface area contributed by atoms with Gasteiger partial charge < -0.3 is 5.11 Å². The van der Waals surface area contributed by atoms with Gasteiger partial charge in [-0.2, -0.15) is 13.2 Å². The number of aromatic nitrogens is 2. The zero-order valence-electron chi connectivity index (χ0n) is 7.45. The van der Waals surface area contributed by atoms with E-state index in [0.717, 1.165) is 6.07 Å². The van der Waals surface area contributed by atoms with E-state index >= 15 is 0 Å². The van der Waals surface area contributed by atoms with Gasteiger partial charge in [-0.15, -0.1) is 11.3 Å². The van der Waals surface area contributed by atoms with Gasteiger partial charge in [0.25, 0.3) is 0 Å². The van der Waals surface area contributed by atoms with Crippen molar-refractivity contribution in [1.82, 2.24) is 9.97 Å². The largest absolute Gasteiger partial charge is 0.476 e. The summed E-state index contributed by atoms with van der Waals surface area (Å²) >= 11 is 0.662. The summed E-state index contributed by atoms with van der Waals surface area (Å²) in [5, 5.41) is 8.34. The normalized spacial score (nSPS) is 11.9. The molecular weight excluding hydrogens is 245 g/mol. The van der Waals surface area contributed by atoms with Crippen molar-refractivity contribution in [3.63, 3.8) is 0 Å². The molecule has 0 aliphatic carbocycles. The number of nitrogens with zero attached hydrogens (tertiary/aromatic N) is 2. The van der Waals surface area contributed by atoms with Gasteiger partial charge in [-0.1, -0.05) is 0 Å². The molecule has 0 saturated carbocycles. The van der Waals surface area contributed by atoms with Crippen molar-refractivity contribution >= 4 is 27.7 Å². The molecule has 0 bridgehead atoms. The number of thiazole rings is 1. The van der Waals surface area contributed by atoms with Crippen molar-refractivity contribution in [3.8, 4) is 0 Å². The van der Waals surface area contributed by atoms with E-state index in [1.54, 1.807) is 0 Å². The zero-order chi connectivity index (χ0) is 11.9. The molecule has 0 radical (unpaired) electrons. The molecule has 0 atom stereocenters. The summed E-state index contributed by atoms with van der Waals surface area (Å²) in [4.78, 5) is 17.6. The minimum atomic E-state index is -4.49. The smallest absolute Gasteiger partial charge is 0.417 e. The predicted molar refractivity (Wildman–Crippen MR) is 49.4 cm³/mol. The fourth-order valence-electron chi connectivity index (χ4n) is 1.07. The maximum Gasteiger partial charge on any atom is 0.417 e. The maximum absolute atomic E-state index is 12.3. The fraction of sp³-hybridized carbons (Fsp3) is 0.125. The molecule has 0 spiro atoms. The van der Waals surface area contributed by atoms with E-state index in [2.05, 4.69) is 9.97 Å². The highest BCUT2D eigenvalue weighted by molar-refractivity contribution is 7.20. The third kappa shape index (κ3) is 1.83. The molecule has 0 fully saturated rings. The Morgan fingerprint density at radius 2 is 2.12 bits per heavy atom. The lowest BCUT2D eigenvalue weighted by molar-refractivity contribution is -0.137. The second kappa shape index (κ2) is 3.41. The highest BCUT2D eigenvalue weighted by atomic mass is 32.1. The Morgan fingerprint density at radius 1 is 1.44 bits per heavy atom. The van der Waals surface area contributed by atoms with E-state index in [1.165, 1.54) is 0 Å². The van der Waals surface area contributed by atoms with Crippen LogP contribution in [0.1, 0.15) is 15.4 Å². The number of hydrogen-bond acceptors (Lipinski definition) is 4. The monoisotopic (exact) mass is 248 g/mol. The Bertz CT molecular complexity index is 564. The van der Waals surface area contributed by atoms with Crippen molar-refractivity contribution in [2.24, 2.45) is 0 Å². The van der Waals surface area contributed by atoms with E-state index in [1.807, 2.05) is 0 Å². The van der Waals surface area contributed by atoms with Crippen LogP contribution in [0.25, 0.3) is 10.3 Å². The second-order valence-electron chi connectivity index (χ2n) is 2.87. The number of alkyl halides is 3. The van der Waals surface area contributed by atoms with E-state index < -0.39 is 17.7 Å². The number of carboxylic acid groups (broad SMARTS) is 1. The molecule has 0 amide bonds. The summed E-state index contributed by atoms with van der Waals surface area (Å²) in [6, 6.07) is 0.840. The average Bonchev–Trinajstić information content (AvgIpc) is 2.58. The molecule has 0 aromatic carbocycles. The predicted octanol–water partition coefficient (Wildman–Crippen LogP) is 2.41. The summed E-state index contributed by atoms with van der Waals surface area (Å²) in [7, 11) is 0. The van der Waals surface area contributed by atoms with Gasteiger partial charge in [0.1, 0.15) is 0 Å². The molecule has 0 aliphatic rings. The quantitative estimate of drug-likeness (QED) is 0.841. The van der Waals surface area contributed by atoms with Gasteiger partial charge in [-0.3, -0.25) is 0 Å². The highest BCUT2D eigenvalue weighted by Gasteiger charge is 2.31.